The molecule has 0 aromatic heterocycles. The molecule has 35 heavy (non-hydrogen) atoms. The van der Waals surface area contributed by atoms with Gasteiger partial charge >= 0.3 is 12.1 Å². The summed E-state index contributed by atoms with van der Waals surface area (Å²) in [5, 5.41) is 9.10. The number of hydrogen-bond acceptors (Lipinski definition) is 5. The molecule has 0 spiro atoms. The van der Waals surface area contributed by atoms with Crippen LogP contribution in [-0.2, 0) is 20.9 Å². The van der Waals surface area contributed by atoms with Gasteiger partial charge in [-0.3, -0.25) is 14.4 Å². The van der Waals surface area contributed by atoms with Gasteiger partial charge in [-0.25, -0.2) is 13.6 Å². The van der Waals surface area contributed by atoms with Gasteiger partial charge in [-0.1, -0.05) is 6.07 Å². The Balaban J connectivity index is 1.84. The number of aryl methyl sites for hydroxylation is 1. The summed E-state index contributed by atoms with van der Waals surface area (Å²) in [6, 6.07) is 0.265. The first-order valence-electron chi connectivity index (χ1n) is 11.5. The van der Waals surface area contributed by atoms with Gasteiger partial charge in [0, 0.05) is 24.4 Å². The molecule has 1 saturated heterocycles. The van der Waals surface area contributed by atoms with E-state index in [9.17, 15) is 23.6 Å². The lowest BCUT2D eigenvalue weighted by molar-refractivity contribution is -0.155. The number of hydrogen-bond donors (Lipinski definition) is 2. The minimum absolute atomic E-state index is 0.0429. The average Bonchev–Trinajstić information content (AvgIpc) is 3.07. The van der Waals surface area contributed by atoms with Gasteiger partial charge in [0.05, 0.1) is 18.7 Å². The quantitative estimate of drug-likeness (QED) is 0.584. The molecule has 2 aliphatic heterocycles. The van der Waals surface area contributed by atoms with Crippen molar-refractivity contribution in [3.8, 4) is 0 Å². The Hall–Kier alpha value is -3.24. The van der Waals surface area contributed by atoms with Crippen LogP contribution in [0, 0.1) is 12.7 Å². The topological polar surface area (TPSA) is 130 Å². The Morgan fingerprint density at radius 3 is 2.51 bits per heavy atom. The van der Waals surface area contributed by atoms with E-state index >= 15 is 4.39 Å². The molecule has 1 aromatic carbocycles. The van der Waals surface area contributed by atoms with Crippen molar-refractivity contribution in [1.82, 2.24) is 9.80 Å². The van der Waals surface area contributed by atoms with Gasteiger partial charge in [-0.2, -0.15) is 0 Å². The first kappa shape index (κ1) is 26.4. The van der Waals surface area contributed by atoms with Gasteiger partial charge in [0.1, 0.15) is 23.6 Å². The first-order chi connectivity index (χ1) is 16.2. The van der Waals surface area contributed by atoms with Crippen LogP contribution in [-0.4, -0.2) is 69.7 Å². The predicted molar refractivity (Wildman–Crippen MR) is 121 cm³/mol. The Morgan fingerprint density at radius 2 is 1.97 bits per heavy atom. The summed E-state index contributed by atoms with van der Waals surface area (Å²) in [5.41, 5.74) is 5.45. The molecule has 1 fully saturated rings. The van der Waals surface area contributed by atoms with Crippen LogP contribution >= 0.6 is 0 Å². The molecule has 3 N–H and O–H groups in total. The van der Waals surface area contributed by atoms with Crippen molar-refractivity contribution in [3.05, 3.63) is 34.1 Å². The number of primary amides is 1. The average molecular weight is 496 g/mol. The van der Waals surface area contributed by atoms with Crippen LogP contribution in [0.1, 0.15) is 73.0 Å². The van der Waals surface area contributed by atoms with Gasteiger partial charge in [0.15, 0.2) is 0 Å². The van der Waals surface area contributed by atoms with Crippen LogP contribution in [0.15, 0.2) is 6.07 Å². The lowest BCUT2D eigenvalue weighted by Gasteiger charge is -2.33. The van der Waals surface area contributed by atoms with Crippen LogP contribution in [0.25, 0.3) is 0 Å². The molecule has 0 aliphatic carbocycles. The maximum atomic E-state index is 15.6. The number of carboxylic acid groups (broad SMARTS) is 1. The van der Waals surface area contributed by atoms with Gasteiger partial charge in [0.25, 0.3) is 5.91 Å². The number of esters is 1. The number of likely N-dealkylation sites (tertiary alicyclic amines) is 1. The molecule has 0 unspecified atom stereocenters. The normalized spacial score (nSPS) is 21.0. The second kappa shape index (κ2) is 9.79. The summed E-state index contributed by atoms with van der Waals surface area (Å²) in [6.45, 7) is 6.16. The lowest BCUT2D eigenvalue weighted by Crippen LogP contribution is -2.45. The number of fused-ring (bicyclic) bond motifs is 1. The Morgan fingerprint density at radius 1 is 1.31 bits per heavy atom. The van der Waals surface area contributed by atoms with Gasteiger partial charge in [-0.05, 0) is 51.7 Å². The van der Waals surface area contributed by atoms with Gasteiger partial charge in [-0.15, -0.1) is 0 Å². The van der Waals surface area contributed by atoms with Crippen LogP contribution in [0.4, 0.5) is 13.6 Å². The van der Waals surface area contributed by atoms with E-state index < -0.39 is 53.4 Å². The van der Waals surface area contributed by atoms with Crippen molar-refractivity contribution in [2.45, 2.75) is 77.2 Å². The number of carbonyl (C=O) groups excluding carboxylic acids is 3. The second-order valence-corrected chi connectivity index (χ2v) is 10.1. The van der Waals surface area contributed by atoms with E-state index in [-0.39, 0.29) is 55.6 Å². The Bertz CT molecular complexity index is 1050. The molecule has 2 heterocycles. The van der Waals surface area contributed by atoms with Crippen molar-refractivity contribution < 1.29 is 37.8 Å². The third-order valence-corrected chi connectivity index (χ3v) is 6.35. The van der Waals surface area contributed by atoms with Crippen molar-refractivity contribution in [1.29, 1.82) is 0 Å². The molecule has 192 valence electrons. The van der Waals surface area contributed by atoms with Gasteiger partial charge in [0.2, 0.25) is 5.91 Å². The predicted octanol–water partition coefficient (Wildman–Crippen LogP) is 2.87. The second-order valence-electron chi connectivity index (χ2n) is 10.1. The van der Waals surface area contributed by atoms with E-state index in [1.165, 1.54) is 6.07 Å². The van der Waals surface area contributed by atoms with Crippen LogP contribution in [0.5, 0.6) is 0 Å². The van der Waals surface area contributed by atoms with Crippen LogP contribution in [0.3, 0.4) is 0 Å². The van der Waals surface area contributed by atoms with E-state index in [4.69, 9.17) is 15.6 Å². The molecule has 9 nitrogen and oxygen atoms in total. The van der Waals surface area contributed by atoms with Crippen molar-refractivity contribution in [2.24, 2.45) is 5.73 Å². The standard InChI is InChI=1S/C24H31F2N3O6/c1-12-9-14(13-7-8-28(23(33)34)11-16(13)25)20(26)15-10-29(22(32)19(12)15)17(21(27)31)5-6-18(30)35-24(2,3)4/h9,13,16-17H,5-8,10-11H2,1-4H3,(H2,27,31)(H,33,34)/t13-,16-,17+/m1/s1. The molecule has 11 heteroatoms. The largest absolute Gasteiger partial charge is 0.465 e. The molecule has 1 aromatic rings. The highest BCUT2D eigenvalue weighted by atomic mass is 19.1. The molecule has 3 rings (SSSR count). The first-order valence-corrected chi connectivity index (χ1v) is 11.5. The number of alkyl halides is 1. The zero-order valence-corrected chi connectivity index (χ0v) is 20.3. The lowest BCUT2D eigenvalue weighted by atomic mass is 9.84. The fraction of sp³-hybridized carbons (Fsp3) is 0.583. The van der Waals surface area contributed by atoms with E-state index in [2.05, 4.69) is 0 Å². The summed E-state index contributed by atoms with van der Waals surface area (Å²) in [7, 11) is 0. The Labute approximate surface area is 202 Å². The molecule has 3 amide bonds. The number of piperidine rings is 1. The fourth-order valence-electron chi connectivity index (χ4n) is 4.77. The van der Waals surface area contributed by atoms with Crippen LogP contribution in [0.2, 0.25) is 0 Å². The smallest absolute Gasteiger partial charge is 0.407 e. The monoisotopic (exact) mass is 495 g/mol. The van der Waals surface area contributed by atoms with Crippen molar-refractivity contribution in [2.75, 3.05) is 13.1 Å². The fourth-order valence-corrected chi connectivity index (χ4v) is 4.77. The summed E-state index contributed by atoms with van der Waals surface area (Å²) < 4.78 is 35.7. The molecular formula is C24H31F2N3O6. The summed E-state index contributed by atoms with van der Waals surface area (Å²) in [4.78, 5) is 50.7. The molecular weight excluding hydrogens is 464 g/mol. The summed E-state index contributed by atoms with van der Waals surface area (Å²) >= 11 is 0. The van der Waals surface area contributed by atoms with Crippen molar-refractivity contribution in [3.63, 3.8) is 0 Å². The molecule has 0 radical (unpaired) electrons. The highest BCUT2D eigenvalue weighted by Gasteiger charge is 2.41. The number of nitrogens with zero attached hydrogens (tertiary/aromatic N) is 2. The highest BCUT2D eigenvalue weighted by Crippen LogP contribution is 2.38. The van der Waals surface area contributed by atoms with E-state index in [1.54, 1.807) is 27.7 Å². The minimum atomic E-state index is -1.60. The third-order valence-electron chi connectivity index (χ3n) is 6.35. The minimum Gasteiger partial charge on any atom is -0.465 e. The molecule has 2 aliphatic rings. The zero-order valence-electron chi connectivity index (χ0n) is 20.3. The number of rotatable bonds is 6. The number of carbonyl (C=O) groups is 4. The summed E-state index contributed by atoms with van der Waals surface area (Å²) in [5.74, 6) is -3.59. The van der Waals surface area contributed by atoms with Gasteiger partial charge < -0.3 is 25.4 Å². The van der Waals surface area contributed by atoms with E-state index in [1.807, 2.05) is 0 Å². The maximum Gasteiger partial charge on any atom is 0.407 e. The Kier molecular flexibility index (Phi) is 7.37. The van der Waals surface area contributed by atoms with Crippen LogP contribution < -0.4 is 5.73 Å². The maximum absolute atomic E-state index is 15.6. The van der Waals surface area contributed by atoms with Crippen molar-refractivity contribution >= 4 is 23.9 Å². The molecule has 0 bridgehead atoms. The number of nitrogens with two attached hydrogens (primary N) is 1. The highest BCUT2D eigenvalue weighted by molar-refractivity contribution is 6.02. The third kappa shape index (κ3) is 5.54. The molecule has 0 saturated carbocycles. The van der Waals surface area contributed by atoms with E-state index in [0.717, 1.165) is 9.80 Å². The number of ether oxygens (including phenoxy) is 1. The molecule has 3 atom stereocenters. The summed E-state index contributed by atoms with van der Waals surface area (Å²) in [6.07, 6.45) is -2.99. The number of halogens is 2. The number of amides is 3. The number of benzene rings is 1. The van der Waals surface area contributed by atoms with E-state index in [0.29, 0.717) is 5.56 Å². The zero-order chi connectivity index (χ0) is 26.2. The SMILES string of the molecule is Cc1cc([C@H]2CCN(C(=O)O)C[C@H]2F)c(F)c2c1C(=O)N([C@@H](CCC(=O)OC(C)(C)C)C(N)=O)C2.